The van der Waals surface area contributed by atoms with E-state index in [1.54, 1.807) is 6.92 Å². The molecule has 0 aromatic rings. The van der Waals surface area contributed by atoms with Crippen LogP contribution in [0.4, 0.5) is 0 Å². The van der Waals surface area contributed by atoms with E-state index in [4.69, 9.17) is 9.84 Å². The van der Waals surface area contributed by atoms with Gasteiger partial charge in [-0.2, -0.15) is 0 Å². The molecule has 0 saturated carbocycles. The van der Waals surface area contributed by atoms with Gasteiger partial charge in [0.25, 0.3) is 0 Å². The molecule has 0 aromatic carbocycles. The summed E-state index contributed by atoms with van der Waals surface area (Å²) in [6, 6.07) is 0. The molecule has 0 heterocycles. The maximum atomic E-state index is 11.5. The van der Waals surface area contributed by atoms with E-state index in [-0.39, 0.29) is 5.91 Å². The number of carbonyl (C=O) groups excluding carboxylic acids is 1. The van der Waals surface area contributed by atoms with Crippen LogP contribution in [-0.4, -0.2) is 36.7 Å². The lowest BCUT2D eigenvalue weighted by molar-refractivity contribution is -0.146. The number of hydrogen-bond acceptors (Lipinski definition) is 3. The number of hydrogen-bond donors (Lipinski definition) is 2. The fraction of sp³-hybridized carbons (Fsp3) is 0.833. The maximum Gasteiger partial charge on any atom is 0.307 e. The second-order valence-electron chi connectivity index (χ2n) is 4.17. The largest absolute Gasteiger partial charge is 0.481 e. The highest BCUT2D eigenvalue weighted by Gasteiger charge is 2.25. The van der Waals surface area contributed by atoms with Gasteiger partial charge in [0, 0.05) is 19.1 Å². The van der Waals surface area contributed by atoms with Crippen LogP contribution in [0, 0.1) is 11.8 Å². The van der Waals surface area contributed by atoms with Gasteiger partial charge in [-0.15, -0.1) is 0 Å². The third-order valence-corrected chi connectivity index (χ3v) is 2.74. The monoisotopic (exact) mass is 245 g/mol. The normalized spacial score (nSPS) is 14.1. The Morgan fingerprint density at radius 2 is 1.88 bits per heavy atom. The van der Waals surface area contributed by atoms with Crippen molar-refractivity contribution in [3.8, 4) is 0 Å². The molecule has 100 valence electrons. The van der Waals surface area contributed by atoms with Gasteiger partial charge >= 0.3 is 5.97 Å². The number of aliphatic carboxylic acids is 1. The molecule has 0 aliphatic heterocycles. The zero-order valence-electron chi connectivity index (χ0n) is 10.9. The number of ether oxygens (including phenoxy) is 1. The Bertz CT molecular complexity index is 243. The first kappa shape index (κ1) is 15.9. The zero-order valence-corrected chi connectivity index (χ0v) is 10.9. The minimum absolute atomic E-state index is 0.237. The Morgan fingerprint density at radius 3 is 2.41 bits per heavy atom. The lowest BCUT2D eigenvalue weighted by Gasteiger charge is -2.15. The van der Waals surface area contributed by atoms with E-state index in [0.29, 0.717) is 19.8 Å². The molecule has 2 atom stereocenters. The van der Waals surface area contributed by atoms with Crippen molar-refractivity contribution in [1.29, 1.82) is 0 Å². The minimum atomic E-state index is -0.952. The molecule has 0 rings (SSSR count). The van der Waals surface area contributed by atoms with E-state index in [0.717, 1.165) is 12.8 Å². The standard InChI is InChI=1S/C12H23NO4/c1-4-5-7-17-8-6-13-11(14)9(2)10(3)12(15)16/h9-10H,4-8H2,1-3H3,(H,13,14)(H,15,16). The van der Waals surface area contributed by atoms with Crippen molar-refractivity contribution in [3.05, 3.63) is 0 Å². The average molecular weight is 245 g/mol. The van der Waals surface area contributed by atoms with Gasteiger partial charge in [-0.1, -0.05) is 27.2 Å². The van der Waals surface area contributed by atoms with Gasteiger partial charge in [-0.05, 0) is 6.42 Å². The molecule has 0 bridgehead atoms. The van der Waals surface area contributed by atoms with Crippen molar-refractivity contribution in [1.82, 2.24) is 5.32 Å². The topological polar surface area (TPSA) is 75.6 Å². The molecule has 0 aromatic heterocycles. The SMILES string of the molecule is CCCCOCCNC(=O)C(C)C(C)C(=O)O. The van der Waals surface area contributed by atoms with Crippen LogP contribution in [0.3, 0.4) is 0 Å². The molecule has 2 N–H and O–H groups in total. The van der Waals surface area contributed by atoms with E-state index >= 15 is 0 Å². The summed E-state index contributed by atoms with van der Waals surface area (Å²) in [5.41, 5.74) is 0. The van der Waals surface area contributed by atoms with Crippen LogP contribution in [0.25, 0.3) is 0 Å². The predicted molar refractivity (Wildman–Crippen MR) is 64.7 cm³/mol. The van der Waals surface area contributed by atoms with Crippen LogP contribution >= 0.6 is 0 Å². The summed E-state index contributed by atoms with van der Waals surface area (Å²) < 4.78 is 5.28. The fourth-order valence-electron chi connectivity index (χ4n) is 1.20. The minimum Gasteiger partial charge on any atom is -0.481 e. The van der Waals surface area contributed by atoms with Crippen LogP contribution < -0.4 is 5.32 Å². The van der Waals surface area contributed by atoms with Gasteiger partial charge in [0.05, 0.1) is 12.5 Å². The number of carboxylic acids is 1. The molecule has 0 aliphatic rings. The van der Waals surface area contributed by atoms with Crippen LogP contribution in [-0.2, 0) is 14.3 Å². The summed E-state index contributed by atoms with van der Waals surface area (Å²) in [6.45, 7) is 6.84. The molecule has 5 nitrogen and oxygen atoms in total. The molecular weight excluding hydrogens is 222 g/mol. The van der Waals surface area contributed by atoms with Gasteiger partial charge in [-0.3, -0.25) is 9.59 Å². The summed E-state index contributed by atoms with van der Waals surface area (Å²) in [6.07, 6.45) is 2.10. The molecular formula is C12H23NO4. The van der Waals surface area contributed by atoms with E-state index in [2.05, 4.69) is 12.2 Å². The van der Waals surface area contributed by atoms with Crippen LogP contribution in [0.5, 0.6) is 0 Å². The molecule has 0 spiro atoms. The molecule has 0 fully saturated rings. The maximum absolute atomic E-state index is 11.5. The third-order valence-electron chi connectivity index (χ3n) is 2.74. The van der Waals surface area contributed by atoms with Gasteiger partial charge in [0.1, 0.15) is 0 Å². The van der Waals surface area contributed by atoms with Crippen molar-refractivity contribution >= 4 is 11.9 Å². The third kappa shape index (κ3) is 6.94. The number of carbonyl (C=O) groups is 2. The molecule has 0 saturated heterocycles. The molecule has 0 aliphatic carbocycles. The Morgan fingerprint density at radius 1 is 1.24 bits per heavy atom. The van der Waals surface area contributed by atoms with Crippen LogP contribution in [0.15, 0.2) is 0 Å². The van der Waals surface area contributed by atoms with Crippen LogP contribution in [0.2, 0.25) is 0 Å². The number of rotatable bonds is 9. The second-order valence-corrected chi connectivity index (χ2v) is 4.17. The smallest absolute Gasteiger partial charge is 0.307 e. The highest BCUT2D eigenvalue weighted by Crippen LogP contribution is 2.10. The van der Waals surface area contributed by atoms with Crippen molar-refractivity contribution < 1.29 is 19.4 Å². The van der Waals surface area contributed by atoms with Crippen molar-refractivity contribution in [2.45, 2.75) is 33.6 Å². The van der Waals surface area contributed by atoms with E-state index in [1.165, 1.54) is 6.92 Å². The summed E-state index contributed by atoms with van der Waals surface area (Å²) in [5.74, 6) is -2.38. The summed E-state index contributed by atoms with van der Waals surface area (Å²) in [4.78, 5) is 22.2. The quantitative estimate of drug-likeness (QED) is 0.600. The summed E-state index contributed by atoms with van der Waals surface area (Å²) >= 11 is 0. The lowest BCUT2D eigenvalue weighted by Crippen LogP contribution is -2.36. The second kappa shape index (κ2) is 8.98. The van der Waals surface area contributed by atoms with E-state index in [1.807, 2.05) is 0 Å². The summed E-state index contributed by atoms with van der Waals surface area (Å²) in [7, 11) is 0. The first-order valence-electron chi connectivity index (χ1n) is 6.09. The Balaban J connectivity index is 3.68. The fourth-order valence-corrected chi connectivity index (χ4v) is 1.20. The Hall–Kier alpha value is -1.10. The molecule has 5 heteroatoms. The van der Waals surface area contributed by atoms with Gasteiger partial charge in [0.15, 0.2) is 0 Å². The van der Waals surface area contributed by atoms with Crippen molar-refractivity contribution in [2.75, 3.05) is 19.8 Å². The zero-order chi connectivity index (χ0) is 13.3. The Kier molecular flexibility index (Phi) is 8.40. The number of unbranched alkanes of at least 4 members (excludes halogenated alkanes) is 1. The van der Waals surface area contributed by atoms with Gasteiger partial charge in [0.2, 0.25) is 5.91 Å². The highest BCUT2D eigenvalue weighted by atomic mass is 16.5. The average Bonchev–Trinajstić information content (AvgIpc) is 2.31. The van der Waals surface area contributed by atoms with Gasteiger partial charge in [-0.25, -0.2) is 0 Å². The number of amides is 1. The van der Waals surface area contributed by atoms with E-state index in [9.17, 15) is 9.59 Å². The van der Waals surface area contributed by atoms with Crippen LogP contribution in [0.1, 0.15) is 33.6 Å². The molecule has 2 unspecified atom stereocenters. The summed E-state index contributed by atoms with van der Waals surface area (Å²) in [5, 5.41) is 11.4. The highest BCUT2D eigenvalue weighted by molar-refractivity contribution is 5.84. The lowest BCUT2D eigenvalue weighted by atomic mass is 9.95. The molecule has 0 radical (unpaired) electrons. The predicted octanol–water partition coefficient (Wildman–Crippen LogP) is 1.28. The van der Waals surface area contributed by atoms with Crippen molar-refractivity contribution in [3.63, 3.8) is 0 Å². The van der Waals surface area contributed by atoms with Gasteiger partial charge < -0.3 is 15.2 Å². The number of nitrogens with one attached hydrogen (secondary N) is 1. The first-order valence-corrected chi connectivity index (χ1v) is 6.09. The number of carboxylic acid groups (broad SMARTS) is 1. The molecule has 1 amide bonds. The molecule has 17 heavy (non-hydrogen) atoms. The Labute approximate surface area is 103 Å². The van der Waals surface area contributed by atoms with Crippen molar-refractivity contribution in [2.24, 2.45) is 11.8 Å². The van der Waals surface area contributed by atoms with E-state index < -0.39 is 17.8 Å². The first-order chi connectivity index (χ1) is 8.00.